The first kappa shape index (κ1) is 11.8. The molecule has 1 aromatic rings. The molecule has 0 bridgehead atoms. The quantitative estimate of drug-likeness (QED) is 0.448. The Bertz CT molecular complexity index is 371. The Hall–Kier alpha value is -1.27. The maximum Gasteiger partial charge on any atom is 0.221 e. The summed E-state index contributed by atoms with van der Waals surface area (Å²) in [6, 6.07) is 0. The van der Waals surface area contributed by atoms with Crippen molar-refractivity contribution in [2.45, 2.75) is 26.2 Å². The topological polar surface area (TPSA) is 35.0 Å². The number of nitrogens with zero attached hydrogens (tertiary/aromatic N) is 2. The average Bonchev–Trinajstić information content (AvgIpc) is 2.17. The largest absolute Gasteiger partial charge is 0.476 e. The Kier molecular flexibility index (Phi) is 4.38. The van der Waals surface area contributed by atoms with Crippen LogP contribution in [0.15, 0.2) is 6.33 Å². The van der Waals surface area contributed by atoms with Crippen molar-refractivity contribution in [1.29, 1.82) is 0 Å². The fourth-order valence-electron chi connectivity index (χ4n) is 1.17. The number of hydrogen-bond donors (Lipinski definition) is 0. The van der Waals surface area contributed by atoms with Gasteiger partial charge in [0.15, 0.2) is 0 Å². The van der Waals surface area contributed by atoms with Crippen molar-refractivity contribution in [3.8, 4) is 18.2 Å². The van der Waals surface area contributed by atoms with E-state index in [1.54, 1.807) is 0 Å². The molecule has 0 amide bonds. The number of halogens is 1. The van der Waals surface area contributed by atoms with Crippen molar-refractivity contribution in [1.82, 2.24) is 9.97 Å². The number of hydrogen-bond acceptors (Lipinski definition) is 3. The zero-order valence-electron chi connectivity index (χ0n) is 8.83. The lowest BCUT2D eigenvalue weighted by Crippen LogP contribution is -2.04. The van der Waals surface area contributed by atoms with Gasteiger partial charge in [-0.2, -0.15) is 0 Å². The Morgan fingerprint density at radius 2 is 2.27 bits per heavy atom. The van der Waals surface area contributed by atoms with Gasteiger partial charge in [-0.05, 0) is 5.92 Å². The normalized spacial score (nSPS) is 10.1. The Morgan fingerprint density at radius 3 is 2.87 bits per heavy atom. The number of rotatable bonds is 4. The zero-order valence-corrected chi connectivity index (χ0v) is 9.58. The highest BCUT2D eigenvalue weighted by Crippen LogP contribution is 2.29. The first-order chi connectivity index (χ1) is 7.16. The summed E-state index contributed by atoms with van der Waals surface area (Å²) < 4.78 is 5.44. The molecule has 0 unspecified atom stereocenters. The van der Waals surface area contributed by atoms with Gasteiger partial charge < -0.3 is 4.74 Å². The molecule has 0 atom stereocenters. The first-order valence-corrected chi connectivity index (χ1v) is 5.11. The summed E-state index contributed by atoms with van der Waals surface area (Å²) >= 11 is 5.97. The molecule has 80 valence electrons. The van der Waals surface area contributed by atoms with Crippen molar-refractivity contribution < 1.29 is 4.74 Å². The van der Waals surface area contributed by atoms with E-state index in [4.69, 9.17) is 22.8 Å². The van der Waals surface area contributed by atoms with Crippen LogP contribution in [-0.2, 0) is 0 Å². The Labute approximate surface area is 94.8 Å². The fourth-order valence-corrected chi connectivity index (χ4v) is 1.51. The van der Waals surface area contributed by atoms with Gasteiger partial charge in [0.25, 0.3) is 0 Å². The van der Waals surface area contributed by atoms with Gasteiger partial charge in [0.2, 0.25) is 5.88 Å². The van der Waals surface area contributed by atoms with E-state index in [0.717, 1.165) is 5.56 Å². The predicted octanol–water partition coefficient (Wildman–Crippen LogP) is 2.66. The molecule has 1 heterocycles. The van der Waals surface area contributed by atoms with Gasteiger partial charge in [-0.3, -0.25) is 0 Å². The summed E-state index contributed by atoms with van der Waals surface area (Å²) in [5.41, 5.74) is 0.830. The van der Waals surface area contributed by atoms with E-state index in [2.05, 4.69) is 15.9 Å². The SMILES string of the molecule is C#CCCOc1ncnc(Cl)c1C(C)C. The van der Waals surface area contributed by atoms with Crippen molar-refractivity contribution in [2.24, 2.45) is 0 Å². The van der Waals surface area contributed by atoms with Crippen molar-refractivity contribution in [3.63, 3.8) is 0 Å². The molecule has 1 rings (SSSR count). The molecule has 4 heteroatoms. The molecule has 0 spiro atoms. The van der Waals surface area contributed by atoms with E-state index in [9.17, 15) is 0 Å². The van der Waals surface area contributed by atoms with Crippen LogP contribution in [0.25, 0.3) is 0 Å². The molecule has 0 radical (unpaired) electrons. The number of ether oxygens (including phenoxy) is 1. The summed E-state index contributed by atoms with van der Waals surface area (Å²) in [6.07, 6.45) is 7.07. The van der Waals surface area contributed by atoms with Crippen LogP contribution in [0.2, 0.25) is 5.15 Å². The molecular formula is C11H13ClN2O. The summed E-state index contributed by atoms with van der Waals surface area (Å²) in [6.45, 7) is 4.47. The minimum Gasteiger partial charge on any atom is -0.476 e. The fraction of sp³-hybridized carbons (Fsp3) is 0.455. The van der Waals surface area contributed by atoms with Crippen LogP contribution in [0.3, 0.4) is 0 Å². The van der Waals surface area contributed by atoms with Crippen LogP contribution in [0.5, 0.6) is 5.88 Å². The molecule has 0 saturated heterocycles. The molecule has 0 aromatic carbocycles. The minimum absolute atomic E-state index is 0.222. The summed E-state index contributed by atoms with van der Waals surface area (Å²) in [7, 11) is 0. The molecule has 0 saturated carbocycles. The maximum absolute atomic E-state index is 5.97. The van der Waals surface area contributed by atoms with E-state index in [1.165, 1.54) is 6.33 Å². The molecule has 0 aliphatic rings. The highest BCUT2D eigenvalue weighted by molar-refractivity contribution is 6.30. The molecular weight excluding hydrogens is 212 g/mol. The summed E-state index contributed by atoms with van der Waals surface area (Å²) in [5, 5.41) is 0.440. The lowest BCUT2D eigenvalue weighted by molar-refractivity contribution is 0.309. The minimum atomic E-state index is 0.222. The van der Waals surface area contributed by atoms with Crippen LogP contribution in [-0.4, -0.2) is 16.6 Å². The molecule has 15 heavy (non-hydrogen) atoms. The number of aromatic nitrogens is 2. The Balaban J connectivity index is 2.87. The molecule has 3 nitrogen and oxygen atoms in total. The molecule has 0 aliphatic carbocycles. The van der Waals surface area contributed by atoms with E-state index in [1.807, 2.05) is 13.8 Å². The van der Waals surface area contributed by atoms with E-state index >= 15 is 0 Å². The second-order valence-corrected chi connectivity index (χ2v) is 3.70. The lowest BCUT2D eigenvalue weighted by Gasteiger charge is -2.12. The highest BCUT2D eigenvalue weighted by Gasteiger charge is 2.14. The second-order valence-electron chi connectivity index (χ2n) is 3.34. The van der Waals surface area contributed by atoms with Gasteiger partial charge in [-0.25, -0.2) is 9.97 Å². The van der Waals surface area contributed by atoms with Gasteiger partial charge >= 0.3 is 0 Å². The van der Waals surface area contributed by atoms with Gasteiger partial charge in [-0.15, -0.1) is 12.3 Å². The first-order valence-electron chi connectivity index (χ1n) is 4.73. The van der Waals surface area contributed by atoms with Crippen LogP contribution in [0, 0.1) is 12.3 Å². The summed E-state index contributed by atoms with van der Waals surface area (Å²) in [5.74, 6) is 3.25. The van der Waals surface area contributed by atoms with E-state index in [-0.39, 0.29) is 5.92 Å². The maximum atomic E-state index is 5.97. The number of terminal acetylenes is 1. The molecule has 0 fully saturated rings. The summed E-state index contributed by atoms with van der Waals surface area (Å²) in [4.78, 5) is 7.97. The second kappa shape index (κ2) is 5.57. The van der Waals surface area contributed by atoms with Gasteiger partial charge in [0.1, 0.15) is 18.1 Å². The highest BCUT2D eigenvalue weighted by atomic mass is 35.5. The third-order valence-corrected chi connectivity index (χ3v) is 2.16. The van der Waals surface area contributed by atoms with Crippen LogP contribution >= 0.6 is 11.6 Å². The molecule has 0 aliphatic heterocycles. The van der Waals surface area contributed by atoms with Gasteiger partial charge in [0, 0.05) is 6.42 Å². The van der Waals surface area contributed by atoms with E-state index in [0.29, 0.717) is 24.1 Å². The Morgan fingerprint density at radius 1 is 1.53 bits per heavy atom. The molecule has 0 N–H and O–H groups in total. The van der Waals surface area contributed by atoms with Crippen molar-refractivity contribution in [3.05, 3.63) is 17.0 Å². The van der Waals surface area contributed by atoms with Crippen LogP contribution < -0.4 is 4.74 Å². The van der Waals surface area contributed by atoms with E-state index < -0.39 is 0 Å². The monoisotopic (exact) mass is 224 g/mol. The van der Waals surface area contributed by atoms with Crippen LogP contribution in [0.4, 0.5) is 0 Å². The lowest BCUT2D eigenvalue weighted by atomic mass is 10.1. The smallest absolute Gasteiger partial charge is 0.221 e. The zero-order chi connectivity index (χ0) is 11.3. The third-order valence-electron chi connectivity index (χ3n) is 1.86. The van der Waals surface area contributed by atoms with Crippen molar-refractivity contribution >= 4 is 11.6 Å². The third kappa shape index (κ3) is 3.10. The predicted molar refractivity (Wildman–Crippen MR) is 60.1 cm³/mol. The van der Waals surface area contributed by atoms with Gasteiger partial charge in [0.05, 0.1) is 5.56 Å². The average molecular weight is 225 g/mol. The van der Waals surface area contributed by atoms with Crippen molar-refractivity contribution in [2.75, 3.05) is 6.61 Å². The van der Waals surface area contributed by atoms with Crippen LogP contribution in [0.1, 0.15) is 31.7 Å². The van der Waals surface area contributed by atoms with Gasteiger partial charge in [-0.1, -0.05) is 25.4 Å². The molecule has 1 aromatic heterocycles. The standard InChI is InChI=1S/C11H13ClN2O/c1-4-5-6-15-11-9(8(2)3)10(12)13-7-14-11/h1,7-8H,5-6H2,2-3H3.